The van der Waals surface area contributed by atoms with Crippen LogP contribution in [0.25, 0.3) is 0 Å². The van der Waals surface area contributed by atoms with E-state index in [1.54, 1.807) is 0 Å². The van der Waals surface area contributed by atoms with Gasteiger partial charge in [0.05, 0.1) is 0 Å². The zero-order valence-electron chi connectivity index (χ0n) is 6.14. The van der Waals surface area contributed by atoms with Gasteiger partial charge in [0.2, 0.25) is 0 Å². The van der Waals surface area contributed by atoms with Gasteiger partial charge in [0, 0.05) is 6.20 Å². The van der Waals surface area contributed by atoms with Gasteiger partial charge in [-0.1, -0.05) is 0 Å². The Balaban J connectivity index is 3.16. The first-order valence-electron chi connectivity index (χ1n) is 3.05. The highest BCUT2D eigenvalue weighted by Gasteiger charge is 2.13. The van der Waals surface area contributed by atoms with Gasteiger partial charge in [-0.05, 0) is 12.1 Å². The summed E-state index contributed by atoms with van der Waals surface area (Å²) in [7, 11) is -4.80. The molecule has 1 heterocycles. The Morgan fingerprint density at radius 1 is 1.46 bits per heavy atom. The van der Waals surface area contributed by atoms with Crippen LogP contribution < -0.4 is 0 Å². The molecule has 7 heteroatoms. The fourth-order valence-electron chi connectivity index (χ4n) is 0.651. The van der Waals surface area contributed by atoms with Crippen molar-refractivity contribution >= 4 is 16.2 Å². The molecule has 0 bridgehead atoms. The van der Waals surface area contributed by atoms with E-state index in [4.69, 9.17) is 5.11 Å². The summed E-state index contributed by atoms with van der Waals surface area (Å²) in [6, 6.07) is 1.75. The second-order valence-corrected chi connectivity index (χ2v) is 3.47. The summed E-state index contributed by atoms with van der Waals surface area (Å²) in [5.41, 5.74) is -0.340. The summed E-state index contributed by atoms with van der Waals surface area (Å²) >= 11 is 0. The number of nitrogens with zero attached hydrogens (tertiary/aromatic N) is 1. The number of halogens is 1. The lowest BCUT2D eigenvalue weighted by Crippen LogP contribution is -2.01. The zero-order valence-corrected chi connectivity index (χ0v) is 6.95. The van der Waals surface area contributed by atoms with Crippen molar-refractivity contribution in [3.63, 3.8) is 0 Å². The van der Waals surface area contributed by atoms with E-state index < -0.39 is 21.1 Å². The second kappa shape index (κ2) is 3.09. The summed E-state index contributed by atoms with van der Waals surface area (Å²) in [6.07, 6.45) is 0.652. The molecule has 0 radical (unpaired) electrons. The van der Waals surface area contributed by atoms with Crippen molar-refractivity contribution in [1.29, 1.82) is 0 Å². The lowest BCUT2D eigenvalue weighted by Gasteiger charge is -1.94. The fourth-order valence-corrected chi connectivity index (χ4v) is 1.06. The molecule has 0 saturated carbocycles. The van der Waals surface area contributed by atoms with Crippen LogP contribution in [0, 0.1) is 0 Å². The molecule has 1 aromatic heterocycles. The monoisotopic (exact) mass is 205 g/mol. The topological polar surface area (TPSA) is 84.3 Å². The third kappa shape index (κ3) is 2.22. The maximum atomic E-state index is 12.2. The Kier molecular flexibility index (Phi) is 2.28. The van der Waals surface area contributed by atoms with Gasteiger partial charge in [0.25, 0.3) is 0 Å². The molecule has 0 aliphatic heterocycles. The molecule has 0 saturated heterocycles. The van der Waals surface area contributed by atoms with E-state index in [2.05, 4.69) is 4.98 Å². The van der Waals surface area contributed by atoms with Gasteiger partial charge in [-0.2, -0.15) is 8.42 Å². The first-order valence-corrected chi connectivity index (χ1v) is 4.43. The van der Waals surface area contributed by atoms with Crippen molar-refractivity contribution in [2.75, 3.05) is 0 Å². The van der Waals surface area contributed by atoms with Gasteiger partial charge < -0.3 is 5.11 Å². The normalized spacial score (nSPS) is 11.2. The third-order valence-corrected chi connectivity index (χ3v) is 2.04. The molecule has 0 aromatic carbocycles. The van der Waals surface area contributed by atoms with Crippen LogP contribution in [0.5, 0.6) is 0 Å². The summed E-state index contributed by atoms with van der Waals surface area (Å²) < 4.78 is 32.8. The molecule has 13 heavy (non-hydrogen) atoms. The Bertz CT molecular complexity index is 424. The van der Waals surface area contributed by atoms with E-state index in [-0.39, 0.29) is 5.69 Å². The van der Waals surface area contributed by atoms with Crippen LogP contribution in [-0.4, -0.2) is 24.5 Å². The molecule has 1 N–H and O–H groups in total. The molecular formula is C6H4FNO4S. The Morgan fingerprint density at radius 3 is 2.38 bits per heavy atom. The third-order valence-electron chi connectivity index (χ3n) is 1.24. The molecule has 0 amide bonds. The molecule has 0 spiro atoms. The maximum absolute atomic E-state index is 12.2. The van der Waals surface area contributed by atoms with Crippen LogP contribution in [0.1, 0.15) is 10.5 Å². The van der Waals surface area contributed by atoms with E-state index in [1.165, 1.54) is 0 Å². The van der Waals surface area contributed by atoms with Gasteiger partial charge in [-0.25, -0.2) is 9.78 Å². The van der Waals surface area contributed by atoms with Crippen molar-refractivity contribution in [2.45, 2.75) is 4.90 Å². The van der Waals surface area contributed by atoms with Gasteiger partial charge in [-0.3, -0.25) is 0 Å². The van der Waals surface area contributed by atoms with Crippen molar-refractivity contribution in [3.8, 4) is 0 Å². The predicted molar refractivity (Wildman–Crippen MR) is 39.5 cm³/mol. The first-order chi connectivity index (χ1) is 5.91. The maximum Gasteiger partial charge on any atom is 0.354 e. The molecule has 0 aliphatic rings. The van der Waals surface area contributed by atoms with Crippen LogP contribution >= 0.6 is 0 Å². The predicted octanol–water partition coefficient (Wildman–Crippen LogP) is 0.438. The van der Waals surface area contributed by atoms with Crippen LogP contribution in [0.3, 0.4) is 0 Å². The minimum Gasteiger partial charge on any atom is -0.477 e. The van der Waals surface area contributed by atoms with Crippen molar-refractivity contribution in [1.82, 2.24) is 4.98 Å². The van der Waals surface area contributed by atoms with Crippen molar-refractivity contribution in [3.05, 3.63) is 24.0 Å². The minimum atomic E-state index is -4.80. The quantitative estimate of drug-likeness (QED) is 0.708. The average Bonchev–Trinajstić information content (AvgIpc) is 2.03. The molecule has 1 aromatic rings. The van der Waals surface area contributed by atoms with E-state index >= 15 is 0 Å². The highest BCUT2D eigenvalue weighted by Crippen LogP contribution is 2.10. The van der Waals surface area contributed by atoms with Crippen molar-refractivity contribution in [2.24, 2.45) is 0 Å². The molecule has 0 unspecified atom stereocenters. The number of rotatable bonds is 2. The lowest BCUT2D eigenvalue weighted by atomic mass is 10.4. The van der Waals surface area contributed by atoms with Gasteiger partial charge in [0.15, 0.2) is 0 Å². The molecule has 1 rings (SSSR count). The highest BCUT2D eigenvalue weighted by molar-refractivity contribution is 7.86. The van der Waals surface area contributed by atoms with Gasteiger partial charge >= 0.3 is 16.2 Å². The van der Waals surface area contributed by atoms with Crippen LogP contribution in [0.2, 0.25) is 0 Å². The highest BCUT2D eigenvalue weighted by atomic mass is 32.3. The summed E-state index contributed by atoms with van der Waals surface area (Å²) in [4.78, 5) is 12.8. The van der Waals surface area contributed by atoms with Crippen LogP contribution in [0.15, 0.2) is 23.2 Å². The minimum absolute atomic E-state index is 0.340. The smallest absolute Gasteiger partial charge is 0.354 e. The molecule has 0 fully saturated rings. The number of aromatic nitrogens is 1. The van der Waals surface area contributed by atoms with E-state index in [9.17, 15) is 17.1 Å². The summed E-state index contributed by atoms with van der Waals surface area (Å²) in [5.74, 6) is -1.30. The number of pyridine rings is 1. The largest absolute Gasteiger partial charge is 0.477 e. The molecule has 5 nitrogen and oxygen atoms in total. The van der Waals surface area contributed by atoms with Crippen LogP contribution in [-0.2, 0) is 10.2 Å². The standard InChI is InChI=1S/C6H4FNO4S/c7-13(11,12)4-1-2-5(6(9)10)8-3-4/h1-3H,(H,9,10). The number of hydrogen-bond donors (Lipinski definition) is 1. The second-order valence-electron chi connectivity index (χ2n) is 2.12. The first kappa shape index (κ1) is 9.59. The number of aromatic carboxylic acids is 1. The van der Waals surface area contributed by atoms with Crippen molar-refractivity contribution < 1.29 is 22.2 Å². The molecular weight excluding hydrogens is 201 g/mol. The fraction of sp³-hybridized carbons (Fsp3) is 0. The molecule has 70 valence electrons. The van der Waals surface area contributed by atoms with Gasteiger partial charge in [0.1, 0.15) is 10.6 Å². The SMILES string of the molecule is O=C(O)c1ccc(S(=O)(=O)F)cn1. The Labute approximate surface area is 73.1 Å². The van der Waals surface area contributed by atoms with Crippen LogP contribution in [0.4, 0.5) is 3.89 Å². The zero-order chi connectivity index (χ0) is 10.1. The van der Waals surface area contributed by atoms with E-state index in [0.29, 0.717) is 6.20 Å². The summed E-state index contributed by atoms with van der Waals surface area (Å²) in [6.45, 7) is 0. The van der Waals surface area contributed by atoms with E-state index in [0.717, 1.165) is 12.1 Å². The Hall–Kier alpha value is -1.50. The average molecular weight is 205 g/mol. The molecule has 0 aliphatic carbocycles. The number of carbonyl (C=O) groups is 1. The van der Waals surface area contributed by atoms with E-state index in [1.807, 2.05) is 0 Å². The Morgan fingerprint density at radius 2 is 2.08 bits per heavy atom. The summed E-state index contributed by atoms with van der Waals surface area (Å²) in [5, 5.41) is 8.37. The lowest BCUT2D eigenvalue weighted by molar-refractivity contribution is 0.0690. The molecule has 0 atom stereocenters. The number of carboxylic acid groups (broad SMARTS) is 1. The number of carboxylic acids is 1. The number of hydrogen-bond acceptors (Lipinski definition) is 4. The van der Waals surface area contributed by atoms with Gasteiger partial charge in [-0.15, -0.1) is 3.89 Å².